The van der Waals surface area contributed by atoms with Crippen molar-refractivity contribution in [3.8, 4) is 0 Å². The first-order valence-corrected chi connectivity index (χ1v) is 4.14. The molecule has 1 rings (SSSR count). The fourth-order valence-electron chi connectivity index (χ4n) is 1.25. The first-order valence-electron chi connectivity index (χ1n) is 4.14. The van der Waals surface area contributed by atoms with E-state index in [2.05, 4.69) is 0 Å². The Labute approximate surface area is 66.9 Å². The predicted octanol–water partition coefficient (Wildman–Crippen LogP) is 0.472. The van der Waals surface area contributed by atoms with E-state index in [1.165, 1.54) is 0 Å². The van der Waals surface area contributed by atoms with E-state index in [1.54, 1.807) is 0 Å². The van der Waals surface area contributed by atoms with Gasteiger partial charge >= 0.3 is 0 Å². The Kier molecular flexibility index (Phi) is 3.02. The van der Waals surface area contributed by atoms with E-state index in [0.29, 0.717) is 13.0 Å². The first-order chi connectivity index (χ1) is 5.24. The van der Waals surface area contributed by atoms with Crippen molar-refractivity contribution in [1.29, 1.82) is 0 Å². The van der Waals surface area contributed by atoms with Gasteiger partial charge in [-0.1, -0.05) is 6.92 Å². The maximum Gasteiger partial charge on any atom is 0.161 e. The molecule has 1 saturated heterocycles. The fourth-order valence-corrected chi connectivity index (χ4v) is 1.25. The highest BCUT2D eigenvalue weighted by atomic mass is 16.5. The van der Waals surface area contributed by atoms with Crippen LogP contribution in [0.15, 0.2) is 0 Å². The molecule has 1 aliphatic rings. The van der Waals surface area contributed by atoms with Gasteiger partial charge in [0.25, 0.3) is 0 Å². The van der Waals surface area contributed by atoms with Gasteiger partial charge < -0.3 is 10.5 Å². The quantitative estimate of drug-likeness (QED) is 0.634. The molecule has 0 radical (unpaired) electrons. The molecule has 2 atom stereocenters. The van der Waals surface area contributed by atoms with E-state index in [4.69, 9.17) is 10.5 Å². The molecule has 64 valence electrons. The summed E-state index contributed by atoms with van der Waals surface area (Å²) in [6.45, 7) is 2.40. The number of ether oxygens (including phenoxy) is 1. The van der Waals surface area contributed by atoms with Crippen molar-refractivity contribution in [3.63, 3.8) is 0 Å². The molecule has 0 aliphatic carbocycles. The Balaban J connectivity index is 2.33. The normalized spacial score (nSPS) is 31.8. The van der Waals surface area contributed by atoms with Crippen LogP contribution in [0.1, 0.15) is 26.2 Å². The molecule has 3 nitrogen and oxygen atoms in total. The minimum atomic E-state index is -0.167. The second-order valence-corrected chi connectivity index (χ2v) is 2.98. The molecule has 0 aromatic carbocycles. The smallest absolute Gasteiger partial charge is 0.161 e. The number of carbonyl (C=O) groups excluding carboxylic acids is 1. The van der Waals surface area contributed by atoms with Gasteiger partial charge in [0, 0.05) is 12.5 Å². The van der Waals surface area contributed by atoms with E-state index < -0.39 is 0 Å². The number of nitrogens with two attached hydrogens (primary N) is 1. The summed E-state index contributed by atoms with van der Waals surface area (Å²) in [4.78, 5) is 11.1. The van der Waals surface area contributed by atoms with E-state index in [1.807, 2.05) is 6.92 Å². The SMILES string of the molecule is CCC(=O)[C@@H]1CC[C@@H](N)CO1. The van der Waals surface area contributed by atoms with E-state index in [-0.39, 0.29) is 17.9 Å². The van der Waals surface area contributed by atoms with Crippen molar-refractivity contribution in [1.82, 2.24) is 0 Å². The van der Waals surface area contributed by atoms with Gasteiger partial charge in [-0.2, -0.15) is 0 Å². The molecule has 0 aromatic heterocycles. The number of hydrogen-bond acceptors (Lipinski definition) is 3. The van der Waals surface area contributed by atoms with Crippen LogP contribution in [0.5, 0.6) is 0 Å². The van der Waals surface area contributed by atoms with Crippen molar-refractivity contribution in [3.05, 3.63) is 0 Å². The van der Waals surface area contributed by atoms with Crippen LogP contribution in [0.25, 0.3) is 0 Å². The van der Waals surface area contributed by atoms with E-state index in [9.17, 15) is 4.79 Å². The average molecular weight is 157 g/mol. The van der Waals surface area contributed by atoms with Crippen LogP contribution in [0, 0.1) is 0 Å². The summed E-state index contributed by atoms with van der Waals surface area (Å²) in [7, 11) is 0. The van der Waals surface area contributed by atoms with Crippen LogP contribution in [0.3, 0.4) is 0 Å². The Morgan fingerprint density at radius 1 is 1.64 bits per heavy atom. The molecule has 0 aromatic rings. The monoisotopic (exact) mass is 157 g/mol. The van der Waals surface area contributed by atoms with Crippen molar-refractivity contribution in [2.24, 2.45) is 5.73 Å². The number of carbonyl (C=O) groups is 1. The van der Waals surface area contributed by atoms with Crippen molar-refractivity contribution >= 4 is 5.78 Å². The highest BCUT2D eigenvalue weighted by molar-refractivity contribution is 5.82. The lowest BCUT2D eigenvalue weighted by Gasteiger charge is -2.25. The van der Waals surface area contributed by atoms with Crippen molar-refractivity contribution < 1.29 is 9.53 Å². The lowest BCUT2D eigenvalue weighted by molar-refractivity contribution is -0.133. The maximum atomic E-state index is 11.1. The second-order valence-electron chi connectivity index (χ2n) is 2.98. The summed E-state index contributed by atoms with van der Waals surface area (Å²) < 4.78 is 5.27. The van der Waals surface area contributed by atoms with Gasteiger partial charge in [0.05, 0.1) is 6.61 Å². The highest BCUT2D eigenvalue weighted by Gasteiger charge is 2.23. The summed E-state index contributed by atoms with van der Waals surface area (Å²) in [6.07, 6.45) is 2.12. The van der Waals surface area contributed by atoms with E-state index in [0.717, 1.165) is 12.8 Å². The number of hydrogen-bond donors (Lipinski definition) is 1. The molecule has 0 unspecified atom stereocenters. The number of Topliss-reactive ketones (excluding diaryl/α,β-unsaturated/α-hetero) is 1. The molecule has 1 aliphatic heterocycles. The van der Waals surface area contributed by atoms with Crippen LogP contribution in [0.4, 0.5) is 0 Å². The van der Waals surface area contributed by atoms with Crippen LogP contribution in [-0.2, 0) is 9.53 Å². The number of ketones is 1. The van der Waals surface area contributed by atoms with Crippen LogP contribution >= 0.6 is 0 Å². The molecule has 3 heteroatoms. The largest absolute Gasteiger partial charge is 0.369 e. The molecule has 0 spiro atoms. The average Bonchev–Trinajstić information content (AvgIpc) is 2.05. The summed E-state index contributed by atoms with van der Waals surface area (Å²) in [6, 6.07) is 0.135. The first kappa shape index (κ1) is 8.68. The molecule has 0 saturated carbocycles. The zero-order valence-corrected chi connectivity index (χ0v) is 6.88. The molecule has 2 N–H and O–H groups in total. The topological polar surface area (TPSA) is 52.3 Å². The van der Waals surface area contributed by atoms with Crippen molar-refractivity contribution in [2.45, 2.75) is 38.3 Å². The van der Waals surface area contributed by atoms with Crippen LogP contribution in [0.2, 0.25) is 0 Å². The minimum absolute atomic E-state index is 0.135. The van der Waals surface area contributed by atoms with E-state index >= 15 is 0 Å². The predicted molar refractivity (Wildman–Crippen MR) is 42.2 cm³/mol. The lowest BCUT2D eigenvalue weighted by Crippen LogP contribution is -2.38. The molecular weight excluding hydrogens is 142 g/mol. The maximum absolute atomic E-state index is 11.1. The van der Waals surface area contributed by atoms with Gasteiger partial charge in [-0.05, 0) is 12.8 Å². The standard InChI is InChI=1S/C8H15NO2/c1-2-7(10)8-4-3-6(9)5-11-8/h6,8H,2-5,9H2,1H3/t6-,8+/m1/s1. The summed E-state index contributed by atoms with van der Waals surface area (Å²) >= 11 is 0. The van der Waals surface area contributed by atoms with Gasteiger partial charge in [0.15, 0.2) is 5.78 Å². The third-order valence-electron chi connectivity index (χ3n) is 2.02. The zero-order valence-electron chi connectivity index (χ0n) is 6.88. The third kappa shape index (κ3) is 2.27. The summed E-state index contributed by atoms with van der Waals surface area (Å²) in [5.41, 5.74) is 5.60. The second kappa shape index (κ2) is 3.83. The Morgan fingerprint density at radius 3 is 2.82 bits per heavy atom. The molecular formula is C8H15NO2. The van der Waals surface area contributed by atoms with Gasteiger partial charge in [-0.15, -0.1) is 0 Å². The van der Waals surface area contributed by atoms with Crippen molar-refractivity contribution in [2.75, 3.05) is 6.61 Å². The summed E-state index contributed by atoms with van der Waals surface area (Å²) in [5, 5.41) is 0. The minimum Gasteiger partial charge on any atom is -0.369 e. The van der Waals surface area contributed by atoms with Crippen LogP contribution < -0.4 is 5.73 Å². The Morgan fingerprint density at radius 2 is 2.36 bits per heavy atom. The van der Waals surface area contributed by atoms with Gasteiger partial charge in [0.2, 0.25) is 0 Å². The van der Waals surface area contributed by atoms with Gasteiger partial charge in [-0.3, -0.25) is 4.79 Å². The number of rotatable bonds is 2. The molecule has 0 bridgehead atoms. The summed E-state index contributed by atoms with van der Waals surface area (Å²) in [5.74, 6) is 0.205. The Bertz CT molecular complexity index is 139. The molecule has 1 heterocycles. The fraction of sp³-hybridized carbons (Fsp3) is 0.875. The molecule has 1 fully saturated rings. The van der Waals surface area contributed by atoms with Gasteiger partial charge in [-0.25, -0.2) is 0 Å². The third-order valence-corrected chi connectivity index (χ3v) is 2.02. The van der Waals surface area contributed by atoms with Gasteiger partial charge in [0.1, 0.15) is 6.10 Å². The molecule has 0 amide bonds. The molecule has 11 heavy (non-hydrogen) atoms. The zero-order chi connectivity index (χ0) is 8.27. The lowest BCUT2D eigenvalue weighted by atomic mass is 10.0. The van der Waals surface area contributed by atoms with Crippen LogP contribution in [-0.4, -0.2) is 24.5 Å². The Hall–Kier alpha value is -0.410. The highest BCUT2D eigenvalue weighted by Crippen LogP contribution is 2.13.